The second-order valence-corrected chi connectivity index (χ2v) is 17.3. The number of carboxylic acid groups (broad SMARTS) is 1. The van der Waals surface area contributed by atoms with E-state index in [-0.39, 0.29) is 35.4 Å². The zero-order chi connectivity index (χ0) is 47.3. The van der Waals surface area contributed by atoms with Gasteiger partial charge in [-0.2, -0.15) is 0 Å². The van der Waals surface area contributed by atoms with Crippen LogP contribution in [0.15, 0.2) is 119 Å². The van der Waals surface area contributed by atoms with Crippen molar-refractivity contribution in [3.63, 3.8) is 0 Å². The molecule has 0 radical (unpaired) electrons. The Bertz CT molecular complexity index is 3140. The van der Waals surface area contributed by atoms with Gasteiger partial charge in [0.15, 0.2) is 5.78 Å². The number of carboxylic acids is 1. The zero-order valence-electron chi connectivity index (χ0n) is 38.0. The number of ketones is 1. The first kappa shape index (κ1) is 48.0. The van der Waals surface area contributed by atoms with Crippen LogP contribution in [0.4, 0.5) is 0 Å². The molecule has 2 unspecified atom stereocenters. The lowest BCUT2D eigenvalue weighted by atomic mass is 9.99. The molecule has 10 nitrogen and oxygen atoms in total. The number of carbonyl (C=O) groups is 2. The van der Waals surface area contributed by atoms with Crippen LogP contribution in [0, 0.1) is 41.5 Å². The Morgan fingerprint density at radius 2 is 1.02 bits per heavy atom. The highest BCUT2D eigenvalue weighted by Crippen LogP contribution is 2.34. The Morgan fingerprint density at radius 1 is 0.615 bits per heavy atom. The van der Waals surface area contributed by atoms with Gasteiger partial charge in [0.2, 0.25) is 0 Å². The highest BCUT2D eigenvalue weighted by atomic mass is 35.5. The van der Waals surface area contributed by atoms with Crippen LogP contribution in [-0.4, -0.2) is 36.0 Å². The molecule has 0 bridgehead atoms. The standard InChI is InChI=1S/C27H27ClN2O2.C18H16ClNO2.C8H12N2O/c1-16-15-17(2)29-27(32)22(16)13-14-25(31)26-19(4)30(24-8-6-5-7-23(24)26)18(3)20-9-11-21(28)12-10-20;1-11(13-7-9-14(19)10-8-13)20-12(2)17(18(21)22)15-5-3-4-6-16(15)20;1-5-3-6(2)10-8(11)7(5)4-9/h5-12,15,18H,13-14H2,1-4H3,(H,29,32);3-11H,1-2H3,(H,21,22);3H,4,9H2,1-2H3,(H,10,11). The number of nitrogens with zero attached hydrogens (tertiary/aromatic N) is 2. The number of carbonyl (C=O) groups excluding carboxylic acids is 1. The number of rotatable bonds is 10. The lowest BCUT2D eigenvalue weighted by Gasteiger charge is -2.18. The fraction of sp³-hybridized carbons (Fsp3) is 0.245. The fourth-order valence-corrected chi connectivity index (χ4v) is 9.13. The molecule has 8 aromatic rings. The molecule has 0 amide bonds. The molecule has 12 heteroatoms. The van der Waals surface area contributed by atoms with Gasteiger partial charge in [0.25, 0.3) is 11.1 Å². The van der Waals surface area contributed by atoms with Gasteiger partial charge in [-0.15, -0.1) is 0 Å². The molecule has 0 aliphatic rings. The van der Waals surface area contributed by atoms with Crippen molar-refractivity contribution < 1.29 is 14.7 Å². The van der Waals surface area contributed by atoms with Crippen molar-refractivity contribution in [2.24, 2.45) is 5.73 Å². The van der Waals surface area contributed by atoms with Gasteiger partial charge >= 0.3 is 5.97 Å². The lowest BCUT2D eigenvalue weighted by molar-refractivity contribution is 0.0697. The minimum atomic E-state index is -0.893. The number of Topliss-reactive ketones (excluding diaryl/α,β-unsaturated/α-hetero) is 1. The average molecular weight is 913 g/mol. The average Bonchev–Trinajstić information content (AvgIpc) is 3.73. The van der Waals surface area contributed by atoms with Crippen LogP contribution in [0.3, 0.4) is 0 Å². The number of hydrogen-bond acceptors (Lipinski definition) is 5. The Morgan fingerprint density at radius 3 is 1.43 bits per heavy atom. The Hall–Kier alpha value is -6.46. The van der Waals surface area contributed by atoms with Crippen molar-refractivity contribution in [3.05, 3.63) is 207 Å². The van der Waals surface area contributed by atoms with Crippen molar-refractivity contribution in [2.75, 3.05) is 0 Å². The third-order valence-electron chi connectivity index (χ3n) is 12.1. The van der Waals surface area contributed by atoms with Crippen LogP contribution in [-0.2, 0) is 13.0 Å². The summed E-state index contributed by atoms with van der Waals surface area (Å²) < 4.78 is 4.29. The van der Waals surface area contributed by atoms with Crippen LogP contribution in [0.1, 0.15) is 109 Å². The topological polar surface area (TPSA) is 156 Å². The smallest absolute Gasteiger partial charge is 0.338 e. The molecule has 8 rings (SSSR count). The number of aromatic nitrogens is 4. The number of pyridine rings is 2. The number of fused-ring (bicyclic) bond motifs is 2. The van der Waals surface area contributed by atoms with Crippen molar-refractivity contribution >= 4 is 56.8 Å². The van der Waals surface area contributed by atoms with Crippen molar-refractivity contribution in [3.8, 4) is 0 Å². The molecule has 0 fully saturated rings. The Labute approximate surface area is 388 Å². The van der Waals surface area contributed by atoms with Gasteiger partial charge in [-0.25, -0.2) is 4.79 Å². The first-order valence-corrected chi connectivity index (χ1v) is 22.2. The number of nitrogens with two attached hydrogens (primary N) is 1. The van der Waals surface area contributed by atoms with Crippen molar-refractivity contribution in [2.45, 2.75) is 86.9 Å². The zero-order valence-corrected chi connectivity index (χ0v) is 39.5. The molecule has 65 heavy (non-hydrogen) atoms. The van der Waals surface area contributed by atoms with E-state index in [9.17, 15) is 24.3 Å². The van der Waals surface area contributed by atoms with Gasteiger partial charge in [0.05, 0.1) is 17.6 Å². The predicted octanol–water partition coefficient (Wildman–Crippen LogP) is 11.7. The molecule has 0 aliphatic carbocycles. The number of aromatic amines is 2. The molecule has 0 saturated heterocycles. The first-order valence-electron chi connectivity index (χ1n) is 21.5. The summed E-state index contributed by atoms with van der Waals surface area (Å²) in [5.41, 5.74) is 17.1. The third-order valence-corrected chi connectivity index (χ3v) is 12.6. The van der Waals surface area contributed by atoms with Crippen LogP contribution in [0.2, 0.25) is 10.0 Å². The number of benzene rings is 4. The summed E-state index contributed by atoms with van der Waals surface area (Å²) in [6.07, 6.45) is 0.711. The molecular weight excluding hydrogens is 858 g/mol. The molecule has 5 N–H and O–H groups in total. The number of aryl methyl sites for hydroxylation is 4. The minimum Gasteiger partial charge on any atom is -0.478 e. The van der Waals surface area contributed by atoms with E-state index in [1.807, 2.05) is 145 Å². The normalized spacial score (nSPS) is 12.0. The number of hydrogen-bond donors (Lipinski definition) is 4. The maximum atomic E-state index is 13.4. The van der Waals surface area contributed by atoms with E-state index in [0.29, 0.717) is 39.7 Å². The maximum absolute atomic E-state index is 13.4. The molecule has 336 valence electrons. The maximum Gasteiger partial charge on any atom is 0.338 e. The van der Waals surface area contributed by atoms with E-state index in [2.05, 4.69) is 39.0 Å². The summed E-state index contributed by atoms with van der Waals surface area (Å²) in [5.74, 6) is -0.837. The Balaban J connectivity index is 0.000000182. The quantitative estimate of drug-likeness (QED) is 0.100. The van der Waals surface area contributed by atoms with Gasteiger partial charge in [-0.1, -0.05) is 83.9 Å². The largest absolute Gasteiger partial charge is 0.478 e. The molecule has 0 aliphatic heterocycles. The second-order valence-electron chi connectivity index (χ2n) is 16.5. The highest BCUT2D eigenvalue weighted by molar-refractivity contribution is 6.30. The third kappa shape index (κ3) is 10.4. The molecular formula is C53H55Cl2N5O5. The lowest BCUT2D eigenvalue weighted by Crippen LogP contribution is -2.18. The Kier molecular flexibility index (Phi) is 15.2. The summed E-state index contributed by atoms with van der Waals surface area (Å²) in [6, 6.07) is 35.1. The van der Waals surface area contributed by atoms with E-state index >= 15 is 0 Å². The monoisotopic (exact) mass is 911 g/mol. The molecule has 4 aromatic carbocycles. The minimum absolute atomic E-state index is 0.0234. The van der Waals surface area contributed by atoms with Gasteiger partial charge in [0.1, 0.15) is 0 Å². The molecule has 0 spiro atoms. The summed E-state index contributed by atoms with van der Waals surface area (Å²) in [4.78, 5) is 54.1. The second kappa shape index (κ2) is 20.6. The number of nitrogens with one attached hydrogen (secondary N) is 2. The van der Waals surface area contributed by atoms with Crippen molar-refractivity contribution in [1.82, 2.24) is 19.1 Å². The van der Waals surface area contributed by atoms with Gasteiger partial charge in [-0.05, 0) is 133 Å². The number of H-pyrrole nitrogens is 2. The number of halogens is 2. The van der Waals surface area contributed by atoms with Crippen LogP contribution < -0.4 is 16.9 Å². The first-order chi connectivity index (χ1) is 30.9. The van der Waals surface area contributed by atoms with E-state index < -0.39 is 5.97 Å². The van der Waals surface area contributed by atoms with Gasteiger partial charge in [-0.3, -0.25) is 14.4 Å². The predicted molar refractivity (Wildman–Crippen MR) is 264 cm³/mol. The SMILES string of the molecule is Cc1c(C(=O)O)c2ccccc2n1C(C)c1ccc(Cl)cc1.Cc1cc(C)c(CCC(=O)c2c(C)n(C(C)c3ccc(Cl)cc3)c3ccccc23)c(=O)[nH]1.Cc1cc(C)c(CN)c(=O)[nH]1. The number of aromatic carboxylic acids is 1. The van der Waals surface area contributed by atoms with Crippen molar-refractivity contribution in [1.29, 1.82) is 0 Å². The van der Waals surface area contributed by atoms with E-state index in [0.717, 1.165) is 72.4 Å². The van der Waals surface area contributed by atoms with Crippen LogP contribution in [0.25, 0.3) is 21.8 Å². The van der Waals surface area contributed by atoms with Crippen LogP contribution >= 0.6 is 23.2 Å². The highest BCUT2D eigenvalue weighted by Gasteiger charge is 2.24. The molecule has 2 atom stereocenters. The van der Waals surface area contributed by atoms with Crippen LogP contribution in [0.5, 0.6) is 0 Å². The summed E-state index contributed by atoms with van der Waals surface area (Å²) in [7, 11) is 0. The van der Waals surface area contributed by atoms with Gasteiger partial charge < -0.3 is 29.9 Å². The van der Waals surface area contributed by atoms with Gasteiger partial charge in [0, 0.05) is 84.3 Å². The summed E-state index contributed by atoms with van der Waals surface area (Å²) in [5, 5.41) is 12.6. The summed E-state index contributed by atoms with van der Waals surface area (Å²) in [6.45, 7) is 15.9. The fourth-order valence-electron chi connectivity index (χ4n) is 8.87. The van der Waals surface area contributed by atoms with E-state index in [1.165, 1.54) is 0 Å². The summed E-state index contributed by atoms with van der Waals surface area (Å²) >= 11 is 12.0. The number of para-hydroxylation sites is 2. The molecule has 0 saturated carbocycles. The molecule has 4 heterocycles. The van der Waals surface area contributed by atoms with E-state index in [1.54, 1.807) is 0 Å². The molecule has 4 aromatic heterocycles. The van der Waals surface area contributed by atoms with E-state index in [4.69, 9.17) is 28.9 Å².